The van der Waals surface area contributed by atoms with E-state index in [1.54, 1.807) is 11.8 Å². The first-order valence-corrected chi connectivity index (χ1v) is 6.78. The van der Waals surface area contributed by atoms with Crippen LogP contribution in [-0.2, 0) is 4.79 Å². The van der Waals surface area contributed by atoms with Crippen LogP contribution in [0.15, 0.2) is 0 Å². The van der Waals surface area contributed by atoms with Gasteiger partial charge in [-0.1, -0.05) is 0 Å². The Morgan fingerprint density at radius 1 is 1.47 bits per heavy atom. The van der Waals surface area contributed by atoms with Crippen molar-refractivity contribution in [1.82, 2.24) is 10.2 Å². The van der Waals surface area contributed by atoms with Gasteiger partial charge in [0, 0.05) is 18.3 Å². The summed E-state index contributed by atoms with van der Waals surface area (Å²) in [6.07, 6.45) is 4.25. The smallest absolute Gasteiger partial charge is 0.329 e. The van der Waals surface area contributed by atoms with Gasteiger partial charge in [-0.2, -0.15) is 11.8 Å². The van der Waals surface area contributed by atoms with Gasteiger partial charge in [0.25, 0.3) is 0 Å². The second-order valence-corrected chi connectivity index (χ2v) is 6.24. The molecule has 6 heteroatoms. The van der Waals surface area contributed by atoms with Crippen LogP contribution in [0.1, 0.15) is 26.7 Å². The van der Waals surface area contributed by atoms with E-state index in [0.717, 1.165) is 12.8 Å². The Bertz CT molecular complexity index is 327. The van der Waals surface area contributed by atoms with Gasteiger partial charge >= 0.3 is 12.0 Å². The van der Waals surface area contributed by atoms with Crippen LogP contribution in [0, 0.1) is 0 Å². The van der Waals surface area contributed by atoms with Gasteiger partial charge in [0.2, 0.25) is 0 Å². The first kappa shape index (κ1) is 14.2. The van der Waals surface area contributed by atoms with E-state index >= 15 is 0 Å². The van der Waals surface area contributed by atoms with E-state index < -0.39 is 11.5 Å². The minimum atomic E-state index is -1.19. The van der Waals surface area contributed by atoms with Crippen molar-refractivity contribution >= 4 is 23.8 Å². The zero-order valence-corrected chi connectivity index (χ0v) is 11.6. The average molecular weight is 260 g/mol. The number of aliphatic carboxylic acids is 1. The fourth-order valence-electron chi connectivity index (χ4n) is 1.35. The second kappa shape index (κ2) is 4.76. The maximum absolute atomic E-state index is 11.8. The maximum atomic E-state index is 11.8. The Kier molecular flexibility index (Phi) is 3.96. The predicted molar refractivity (Wildman–Crippen MR) is 68.4 cm³/mol. The first-order valence-electron chi connectivity index (χ1n) is 5.55. The molecule has 0 aromatic rings. The van der Waals surface area contributed by atoms with Crippen LogP contribution < -0.4 is 5.32 Å². The first-order chi connectivity index (χ1) is 7.75. The van der Waals surface area contributed by atoms with Crippen LogP contribution in [0.5, 0.6) is 0 Å². The monoisotopic (exact) mass is 260 g/mol. The third-order valence-electron chi connectivity index (χ3n) is 3.47. The quantitative estimate of drug-likeness (QED) is 0.783. The lowest BCUT2D eigenvalue weighted by molar-refractivity contribution is -0.146. The number of hydrogen-bond acceptors (Lipinski definition) is 3. The third kappa shape index (κ3) is 3.06. The number of carboxylic acid groups (broad SMARTS) is 1. The average Bonchev–Trinajstić information content (AvgIpc) is 3.05. The summed E-state index contributed by atoms with van der Waals surface area (Å²) in [5.41, 5.74) is -1.19. The van der Waals surface area contributed by atoms with Crippen LogP contribution in [0.4, 0.5) is 4.79 Å². The molecule has 2 N–H and O–H groups in total. The van der Waals surface area contributed by atoms with Crippen molar-refractivity contribution in [3.05, 3.63) is 0 Å². The molecule has 1 rings (SSSR count). The van der Waals surface area contributed by atoms with Gasteiger partial charge in [0.15, 0.2) is 0 Å². The van der Waals surface area contributed by atoms with Crippen LogP contribution in [-0.4, -0.2) is 52.1 Å². The number of carbonyl (C=O) groups is 2. The summed E-state index contributed by atoms with van der Waals surface area (Å²) in [4.78, 5) is 24.1. The normalized spacial score (nSPS) is 17.4. The number of amides is 2. The van der Waals surface area contributed by atoms with Gasteiger partial charge in [-0.05, 0) is 32.9 Å². The van der Waals surface area contributed by atoms with E-state index in [1.807, 2.05) is 6.26 Å². The number of carboxylic acids is 1. The van der Waals surface area contributed by atoms with Crippen molar-refractivity contribution in [2.45, 2.75) is 37.0 Å². The summed E-state index contributed by atoms with van der Waals surface area (Å²) in [5.74, 6) is -1.01. The van der Waals surface area contributed by atoms with Crippen molar-refractivity contribution in [3.8, 4) is 0 Å². The van der Waals surface area contributed by atoms with E-state index in [9.17, 15) is 9.59 Å². The minimum absolute atomic E-state index is 0.184. The fourth-order valence-corrected chi connectivity index (χ4v) is 2.07. The van der Waals surface area contributed by atoms with Gasteiger partial charge in [-0.25, -0.2) is 9.59 Å². The molecule has 1 fully saturated rings. The summed E-state index contributed by atoms with van der Waals surface area (Å²) < 4.78 is 0.184. The van der Waals surface area contributed by atoms with E-state index in [2.05, 4.69) is 5.32 Å². The molecule has 1 saturated carbocycles. The maximum Gasteiger partial charge on any atom is 0.329 e. The Morgan fingerprint density at radius 2 is 2.00 bits per heavy atom. The van der Waals surface area contributed by atoms with E-state index in [-0.39, 0.29) is 10.8 Å². The Morgan fingerprint density at radius 3 is 2.35 bits per heavy atom. The van der Waals surface area contributed by atoms with Crippen LogP contribution in [0.25, 0.3) is 0 Å². The predicted octanol–water partition coefficient (Wildman–Crippen LogP) is 1.39. The van der Waals surface area contributed by atoms with Gasteiger partial charge in [0.1, 0.15) is 5.54 Å². The van der Waals surface area contributed by atoms with Gasteiger partial charge in [-0.3, -0.25) is 0 Å². The van der Waals surface area contributed by atoms with E-state index in [4.69, 9.17) is 5.11 Å². The highest BCUT2D eigenvalue weighted by Gasteiger charge is 2.43. The number of thioether (sulfide) groups is 1. The molecular formula is C11H20N2O3S. The molecule has 0 atom stereocenters. The van der Waals surface area contributed by atoms with Crippen LogP contribution in [0.2, 0.25) is 0 Å². The fraction of sp³-hybridized carbons (Fsp3) is 0.818. The molecule has 17 heavy (non-hydrogen) atoms. The van der Waals surface area contributed by atoms with Crippen LogP contribution in [0.3, 0.4) is 0 Å². The number of urea groups is 1. The van der Waals surface area contributed by atoms with E-state index in [1.165, 1.54) is 25.8 Å². The summed E-state index contributed by atoms with van der Waals surface area (Å²) >= 11 is 1.76. The molecule has 0 radical (unpaired) electrons. The van der Waals surface area contributed by atoms with Gasteiger partial charge < -0.3 is 15.3 Å². The Hall–Kier alpha value is -0.910. The number of nitrogens with one attached hydrogen (secondary N) is 1. The molecule has 2 amide bonds. The van der Waals surface area contributed by atoms with Crippen molar-refractivity contribution in [3.63, 3.8) is 0 Å². The zero-order valence-electron chi connectivity index (χ0n) is 10.7. The molecule has 1 aliphatic rings. The Labute approximate surface area is 106 Å². The lowest BCUT2D eigenvalue weighted by atomic mass is 10.1. The van der Waals surface area contributed by atoms with E-state index in [0.29, 0.717) is 6.54 Å². The molecule has 0 aromatic heterocycles. The third-order valence-corrected chi connectivity index (χ3v) is 4.89. The minimum Gasteiger partial charge on any atom is -0.480 e. The zero-order chi connectivity index (χ0) is 13.3. The van der Waals surface area contributed by atoms with Crippen molar-refractivity contribution in [2.75, 3.05) is 19.8 Å². The standard InChI is InChI=1S/C11H20N2O3S/c1-10(2,8(14)15)13(3)9(16)12-7-11(17-4)5-6-11/h5-7H2,1-4H3,(H,12,16)(H,14,15). The molecule has 1 aliphatic carbocycles. The van der Waals surface area contributed by atoms with Crippen molar-refractivity contribution < 1.29 is 14.7 Å². The molecule has 5 nitrogen and oxygen atoms in total. The second-order valence-electron chi connectivity index (χ2n) is 4.97. The number of nitrogens with zero attached hydrogens (tertiary/aromatic N) is 1. The molecule has 0 aromatic carbocycles. The molecule has 0 saturated heterocycles. The highest BCUT2D eigenvalue weighted by molar-refractivity contribution is 8.00. The molecule has 98 valence electrons. The summed E-state index contributed by atoms with van der Waals surface area (Å²) in [5, 5.41) is 11.8. The topological polar surface area (TPSA) is 69.6 Å². The van der Waals surface area contributed by atoms with Crippen molar-refractivity contribution in [2.24, 2.45) is 0 Å². The Balaban J connectivity index is 2.50. The molecular weight excluding hydrogens is 240 g/mol. The lowest BCUT2D eigenvalue weighted by Crippen LogP contribution is -2.54. The number of rotatable bonds is 5. The van der Waals surface area contributed by atoms with Crippen LogP contribution >= 0.6 is 11.8 Å². The lowest BCUT2D eigenvalue weighted by Gasteiger charge is -2.32. The summed E-state index contributed by atoms with van der Waals surface area (Å²) in [7, 11) is 1.50. The highest BCUT2D eigenvalue weighted by atomic mass is 32.2. The molecule has 0 aliphatic heterocycles. The number of carbonyl (C=O) groups excluding carboxylic acids is 1. The van der Waals surface area contributed by atoms with Gasteiger partial charge in [-0.15, -0.1) is 0 Å². The summed E-state index contributed by atoms with van der Waals surface area (Å²) in [6, 6.07) is -0.335. The molecule has 0 unspecified atom stereocenters. The number of hydrogen-bond donors (Lipinski definition) is 2. The largest absolute Gasteiger partial charge is 0.480 e. The molecule has 0 heterocycles. The SMILES string of the molecule is CSC1(CNC(=O)N(C)C(C)(C)C(=O)O)CC1. The van der Waals surface area contributed by atoms with Crippen molar-refractivity contribution in [1.29, 1.82) is 0 Å². The highest BCUT2D eigenvalue weighted by Crippen LogP contribution is 2.46. The molecule has 0 spiro atoms. The number of likely N-dealkylation sites (N-methyl/N-ethyl adjacent to an activating group) is 1. The summed E-state index contributed by atoms with van der Waals surface area (Å²) in [6.45, 7) is 3.62. The van der Waals surface area contributed by atoms with Gasteiger partial charge in [0.05, 0.1) is 0 Å². The molecule has 0 bridgehead atoms.